The van der Waals surface area contributed by atoms with Crippen molar-refractivity contribution in [3.8, 4) is 11.5 Å². The Balaban J connectivity index is 1.40. The minimum absolute atomic E-state index is 0.0156. The number of benzene rings is 2. The molecule has 1 fully saturated rings. The highest BCUT2D eigenvalue weighted by Crippen LogP contribution is 2.39. The zero-order valence-electron chi connectivity index (χ0n) is 20.0. The number of nitrogens with one attached hydrogen (secondary N) is 1. The van der Waals surface area contributed by atoms with Crippen LogP contribution in [0, 0.1) is 11.3 Å². The second kappa shape index (κ2) is 10.9. The van der Waals surface area contributed by atoms with Crippen molar-refractivity contribution in [3.05, 3.63) is 64.2 Å². The third kappa shape index (κ3) is 5.20. The lowest BCUT2D eigenvalue weighted by Gasteiger charge is -2.20. The van der Waals surface area contributed by atoms with E-state index in [1.54, 1.807) is 18.2 Å². The first-order valence-electron chi connectivity index (χ1n) is 12.2. The third-order valence-corrected chi connectivity index (χ3v) is 7.64. The van der Waals surface area contributed by atoms with Crippen LogP contribution in [0.5, 0.6) is 11.5 Å². The van der Waals surface area contributed by atoms with Gasteiger partial charge in [0.25, 0.3) is 5.91 Å². The molecule has 3 aliphatic rings. The fourth-order valence-electron chi connectivity index (χ4n) is 4.49. The molecule has 1 amide bonds. The van der Waals surface area contributed by atoms with E-state index in [1.165, 1.54) is 36.0 Å². The quantitative estimate of drug-likeness (QED) is 0.418. The van der Waals surface area contributed by atoms with Gasteiger partial charge >= 0.3 is 0 Å². The highest BCUT2D eigenvalue weighted by Gasteiger charge is 2.38. The van der Waals surface area contributed by atoms with E-state index in [9.17, 15) is 4.79 Å². The Morgan fingerprint density at radius 1 is 1.17 bits per heavy atom. The Kier molecular flexibility index (Phi) is 7.43. The normalized spacial score (nSPS) is 19.3. The number of hydrogen-bond donors (Lipinski definition) is 1. The molecule has 7 nitrogen and oxygen atoms in total. The van der Waals surface area contributed by atoms with Gasteiger partial charge in [-0.05, 0) is 60.9 Å². The summed E-state index contributed by atoms with van der Waals surface area (Å²) < 4.78 is 11.8. The molecule has 5 rings (SSSR count). The van der Waals surface area contributed by atoms with Gasteiger partial charge in [0.15, 0.2) is 17.3 Å². The number of fused-ring (bicyclic) bond motifs is 1. The van der Waals surface area contributed by atoms with Crippen molar-refractivity contribution < 1.29 is 14.3 Å². The highest BCUT2D eigenvalue weighted by molar-refractivity contribution is 8.27. The monoisotopic (exact) mass is 522 g/mol. The van der Waals surface area contributed by atoms with Crippen LogP contribution in [0.15, 0.2) is 58.1 Å². The standard InChI is InChI=1S/C27H27ClN4O3S/c1-2-34-22-15-18(14-21(28)23(22)35-16-17-9-5-3-6-10-17)13-20-24(29)32-27(30-25(20)33)36-26(31-32)19-11-7-4-8-12-19/h3,5-6,9-10,13-15,19,29H,2,4,7-8,11-12,16H2,1H3/b20-13-,29-24?. The second-order valence-corrected chi connectivity index (χ2v) is 10.2. The number of rotatable bonds is 7. The predicted molar refractivity (Wildman–Crippen MR) is 145 cm³/mol. The molecule has 1 N–H and O–H groups in total. The second-order valence-electron chi connectivity index (χ2n) is 8.83. The van der Waals surface area contributed by atoms with Crippen molar-refractivity contribution in [1.29, 1.82) is 5.41 Å². The van der Waals surface area contributed by atoms with Crippen LogP contribution in [0.25, 0.3) is 6.08 Å². The average molecular weight is 523 g/mol. The predicted octanol–water partition coefficient (Wildman–Crippen LogP) is 6.52. The third-order valence-electron chi connectivity index (χ3n) is 6.29. The first kappa shape index (κ1) is 24.6. The first-order valence-corrected chi connectivity index (χ1v) is 13.4. The van der Waals surface area contributed by atoms with Crippen LogP contribution in [0.1, 0.15) is 50.2 Å². The molecule has 0 atom stereocenters. The number of carbonyl (C=O) groups is 1. The SMILES string of the molecule is CCOc1cc(/C=C2/C(=N)N3N=C(C4CCCCC4)SC3=NC2=O)cc(Cl)c1OCc1ccccc1. The molecule has 9 heteroatoms. The van der Waals surface area contributed by atoms with Crippen molar-refractivity contribution in [3.63, 3.8) is 0 Å². The lowest BCUT2D eigenvalue weighted by Crippen LogP contribution is -2.35. The van der Waals surface area contributed by atoms with Crippen LogP contribution in [0.3, 0.4) is 0 Å². The van der Waals surface area contributed by atoms with Crippen molar-refractivity contribution in [2.24, 2.45) is 16.0 Å². The molecule has 2 heterocycles. The number of nitrogens with zero attached hydrogens (tertiary/aromatic N) is 3. The molecular formula is C27H27ClN4O3S. The maximum absolute atomic E-state index is 12.9. The topological polar surface area (TPSA) is 87.3 Å². The van der Waals surface area contributed by atoms with Crippen molar-refractivity contribution in [2.45, 2.75) is 45.6 Å². The highest BCUT2D eigenvalue weighted by atomic mass is 35.5. The number of halogens is 1. The van der Waals surface area contributed by atoms with E-state index in [-0.39, 0.29) is 11.4 Å². The maximum Gasteiger partial charge on any atom is 0.283 e. The van der Waals surface area contributed by atoms with Crippen molar-refractivity contribution >= 4 is 51.4 Å². The number of ether oxygens (including phenoxy) is 2. The molecule has 2 aromatic carbocycles. The molecular weight excluding hydrogens is 496 g/mol. The van der Waals surface area contributed by atoms with Gasteiger partial charge in [0.2, 0.25) is 5.17 Å². The first-order chi connectivity index (χ1) is 17.5. The molecule has 1 aliphatic carbocycles. The number of amidine groups is 2. The van der Waals surface area contributed by atoms with E-state index in [1.807, 2.05) is 37.3 Å². The van der Waals surface area contributed by atoms with Crippen LogP contribution in [0.2, 0.25) is 5.02 Å². The minimum Gasteiger partial charge on any atom is -0.490 e. The number of hydrogen-bond acceptors (Lipinski definition) is 6. The van der Waals surface area contributed by atoms with Gasteiger partial charge in [-0.25, -0.2) is 0 Å². The van der Waals surface area contributed by atoms with E-state index in [4.69, 9.17) is 26.5 Å². The van der Waals surface area contributed by atoms with Crippen molar-refractivity contribution in [1.82, 2.24) is 5.01 Å². The molecule has 0 saturated heterocycles. The summed E-state index contributed by atoms with van der Waals surface area (Å²) in [7, 11) is 0. The number of hydrazone groups is 1. The zero-order chi connectivity index (χ0) is 25.1. The van der Waals surface area contributed by atoms with Crippen LogP contribution < -0.4 is 9.47 Å². The summed E-state index contributed by atoms with van der Waals surface area (Å²) in [5, 5.41) is 16.6. The summed E-state index contributed by atoms with van der Waals surface area (Å²) in [5.74, 6) is 0.844. The van der Waals surface area contributed by atoms with Crippen molar-refractivity contribution in [2.75, 3.05) is 6.61 Å². The molecule has 0 bridgehead atoms. The Bertz CT molecular complexity index is 1270. The molecule has 36 heavy (non-hydrogen) atoms. The number of amides is 1. The Morgan fingerprint density at radius 3 is 2.69 bits per heavy atom. The number of carbonyl (C=O) groups excluding carboxylic acids is 1. The van der Waals surface area contributed by atoms with Gasteiger partial charge in [-0.2, -0.15) is 15.1 Å². The molecule has 0 spiro atoms. The summed E-state index contributed by atoms with van der Waals surface area (Å²) in [6.07, 6.45) is 7.42. The number of aliphatic imine (C=N–C) groups is 1. The average Bonchev–Trinajstić information content (AvgIpc) is 3.32. The summed E-state index contributed by atoms with van der Waals surface area (Å²) in [6, 6.07) is 13.3. The zero-order valence-corrected chi connectivity index (χ0v) is 21.6. The van der Waals surface area contributed by atoms with Gasteiger partial charge in [0.1, 0.15) is 11.7 Å². The fraction of sp³-hybridized carbons (Fsp3) is 0.333. The van der Waals surface area contributed by atoms with Gasteiger partial charge < -0.3 is 9.47 Å². The molecule has 0 unspecified atom stereocenters. The van der Waals surface area contributed by atoms with Gasteiger partial charge in [0.05, 0.1) is 17.2 Å². The van der Waals surface area contributed by atoms with E-state index < -0.39 is 5.91 Å². The van der Waals surface area contributed by atoms with E-state index in [0.29, 0.717) is 46.4 Å². The van der Waals surface area contributed by atoms with Gasteiger partial charge in [-0.15, -0.1) is 0 Å². The summed E-state index contributed by atoms with van der Waals surface area (Å²) in [4.78, 5) is 17.1. The van der Waals surface area contributed by atoms with Crippen LogP contribution in [-0.2, 0) is 11.4 Å². The fourth-order valence-corrected chi connectivity index (χ4v) is 5.82. The van der Waals surface area contributed by atoms with Gasteiger partial charge in [0, 0.05) is 5.92 Å². The summed E-state index contributed by atoms with van der Waals surface area (Å²) >= 11 is 8.00. The molecule has 186 valence electrons. The van der Waals surface area contributed by atoms with E-state index >= 15 is 0 Å². The minimum atomic E-state index is -0.461. The maximum atomic E-state index is 12.9. The molecule has 0 radical (unpaired) electrons. The molecule has 2 aromatic rings. The summed E-state index contributed by atoms with van der Waals surface area (Å²) in [5.41, 5.74) is 1.78. The van der Waals surface area contributed by atoms with Crippen LogP contribution >= 0.6 is 23.4 Å². The Labute approximate surface area is 219 Å². The Morgan fingerprint density at radius 2 is 1.94 bits per heavy atom. The lowest BCUT2D eigenvalue weighted by molar-refractivity contribution is -0.114. The van der Waals surface area contributed by atoms with E-state index in [0.717, 1.165) is 23.4 Å². The molecule has 0 aromatic heterocycles. The molecule has 2 aliphatic heterocycles. The molecule has 1 saturated carbocycles. The Hall–Kier alpha value is -3.10. The van der Waals surface area contributed by atoms with Gasteiger partial charge in [-0.1, -0.05) is 61.2 Å². The van der Waals surface area contributed by atoms with Crippen LogP contribution in [-0.4, -0.2) is 33.6 Å². The number of thioether (sulfide) groups is 1. The van der Waals surface area contributed by atoms with E-state index in [2.05, 4.69) is 10.1 Å². The summed E-state index contributed by atoms with van der Waals surface area (Å²) in [6.45, 7) is 2.64. The lowest BCUT2D eigenvalue weighted by atomic mass is 9.90. The van der Waals surface area contributed by atoms with Gasteiger partial charge in [-0.3, -0.25) is 10.2 Å². The van der Waals surface area contributed by atoms with Crippen LogP contribution in [0.4, 0.5) is 0 Å². The largest absolute Gasteiger partial charge is 0.490 e. The smallest absolute Gasteiger partial charge is 0.283 e.